The molecule has 0 atom stereocenters. The topological polar surface area (TPSA) is 89.2 Å². The van der Waals surface area contributed by atoms with Crippen molar-refractivity contribution < 1.29 is 4.74 Å². The second-order valence-corrected chi connectivity index (χ2v) is 4.29. The second kappa shape index (κ2) is 5.81. The van der Waals surface area contributed by atoms with Gasteiger partial charge in [-0.2, -0.15) is 15.0 Å². The fourth-order valence-electron chi connectivity index (χ4n) is 1.89. The minimum absolute atomic E-state index is 0.166. The first-order valence-corrected chi connectivity index (χ1v) is 6.26. The van der Waals surface area contributed by atoms with Gasteiger partial charge in [-0.15, -0.1) is 0 Å². The molecule has 0 aliphatic heterocycles. The molecule has 0 saturated heterocycles. The summed E-state index contributed by atoms with van der Waals surface area (Å²) in [7, 11) is 1.50. The average molecular weight is 252 g/mol. The van der Waals surface area contributed by atoms with E-state index >= 15 is 0 Å². The van der Waals surface area contributed by atoms with Crippen molar-refractivity contribution in [3.05, 3.63) is 0 Å². The van der Waals surface area contributed by atoms with Crippen molar-refractivity contribution in [1.82, 2.24) is 19.9 Å². The third kappa shape index (κ3) is 3.43. The fourth-order valence-corrected chi connectivity index (χ4v) is 1.89. The summed E-state index contributed by atoms with van der Waals surface area (Å²) in [5, 5.41) is 3.14. The van der Waals surface area contributed by atoms with Crippen molar-refractivity contribution in [2.45, 2.75) is 25.8 Å². The fraction of sp³-hybridized carbons (Fsp3) is 0.727. The maximum atomic E-state index is 5.56. The number of aromatic nitrogens is 3. The molecule has 7 nitrogen and oxygen atoms in total. The Bertz CT molecular complexity index is 395. The maximum Gasteiger partial charge on any atom is 0.322 e. The van der Waals surface area contributed by atoms with E-state index in [-0.39, 0.29) is 12.0 Å². The number of hydrogen-bond acceptors (Lipinski definition) is 7. The van der Waals surface area contributed by atoms with Gasteiger partial charge in [-0.3, -0.25) is 4.90 Å². The van der Waals surface area contributed by atoms with Crippen LogP contribution in [0.2, 0.25) is 0 Å². The number of likely N-dealkylation sites (N-methyl/N-ethyl adjacent to an activating group) is 1. The van der Waals surface area contributed by atoms with E-state index in [1.807, 2.05) is 0 Å². The van der Waals surface area contributed by atoms with Crippen molar-refractivity contribution in [2.24, 2.45) is 0 Å². The molecule has 100 valence electrons. The van der Waals surface area contributed by atoms with E-state index in [9.17, 15) is 0 Å². The Kier molecular flexibility index (Phi) is 4.14. The van der Waals surface area contributed by atoms with Gasteiger partial charge in [0.15, 0.2) is 0 Å². The van der Waals surface area contributed by atoms with E-state index < -0.39 is 0 Å². The van der Waals surface area contributed by atoms with Gasteiger partial charge in [0.05, 0.1) is 7.11 Å². The smallest absolute Gasteiger partial charge is 0.322 e. The van der Waals surface area contributed by atoms with E-state index in [4.69, 9.17) is 10.5 Å². The second-order valence-electron chi connectivity index (χ2n) is 4.29. The predicted molar refractivity (Wildman–Crippen MR) is 69.6 cm³/mol. The predicted octanol–water partition coefficient (Wildman–Crippen LogP) is 0.359. The molecule has 2 rings (SSSR count). The molecule has 1 fully saturated rings. The summed E-state index contributed by atoms with van der Waals surface area (Å²) in [6.45, 7) is 5.03. The number of rotatable bonds is 7. The highest BCUT2D eigenvalue weighted by atomic mass is 16.5. The van der Waals surface area contributed by atoms with E-state index in [2.05, 4.69) is 32.1 Å². The zero-order chi connectivity index (χ0) is 13.0. The van der Waals surface area contributed by atoms with Crippen LogP contribution in [0.4, 0.5) is 11.9 Å². The Hall–Kier alpha value is -1.63. The minimum atomic E-state index is 0.166. The number of nitrogens with one attached hydrogen (secondary N) is 1. The molecule has 0 bridgehead atoms. The highest BCUT2D eigenvalue weighted by Gasteiger charge is 2.27. The Morgan fingerprint density at radius 3 is 2.78 bits per heavy atom. The number of anilines is 2. The molecular formula is C11H20N6O. The molecule has 0 spiro atoms. The summed E-state index contributed by atoms with van der Waals surface area (Å²) in [5.41, 5.74) is 5.56. The summed E-state index contributed by atoms with van der Waals surface area (Å²) in [4.78, 5) is 14.4. The summed E-state index contributed by atoms with van der Waals surface area (Å²) < 4.78 is 4.94. The summed E-state index contributed by atoms with van der Waals surface area (Å²) >= 11 is 0. The zero-order valence-electron chi connectivity index (χ0n) is 10.9. The largest absolute Gasteiger partial charge is 0.467 e. The van der Waals surface area contributed by atoms with Crippen LogP contribution in [0, 0.1) is 0 Å². The number of nitrogens with two attached hydrogens (primary N) is 1. The van der Waals surface area contributed by atoms with E-state index in [1.165, 1.54) is 20.0 Å². The van der Waals surface area contributed by atoms with Gasteiger partial charge >= 0.3 is 6.01 Å². The summed E-state index contributed by atoms with van der Waals surface area (Å²) in [6, 6.07) is 1.01. The molecule has 1 aromatic rings. The molecule has 0 radical (unpaired) electrons. The highest BCUT2D eigenvalue weighted by Crippen LogP contribution is 2.25. The van der Waals surface area contributed by atoms with Crippen LogP contribution in [0.25, 0.3) is 0 Å². The first kappa shape index (κ1) is 12.8. The van der Waals surface area contributed by atoms with Crippen LogP contribution in [-0.4, -0.2) is 52.6 Å². The van der Waals surface area contributed by atoms with Crippen LogP contribution >= 0.6 is 0 Å². The van der Waals surface area contributed by atoms with Crippen LogP contribution in [0.3, 0.4) is 0 Å². The molecule has 1 aromatic heterocycles. The SMILES string of the molecule is CCN(CCNc1nc(N)nc(OC)n1)C1CC1. The molecule has 1 saturated carbocycles. The van der Waals surface area contributed by atoms with Crippen LogP contribution in [0.5, 0.6) is 6.01 Å². The monoisotopic (exact) mass is 252 g/mol. The molecule has 0 aromatic carbocycles. The summed E-state index contributed by atoms with van der Waals surface area (Å²) in [5.74, 6) is 0.630. The van der Waals surface area contributed by atoms with Crippen molar-refractivity contribution in [3.63, 3.8) is 0 Å². The summed E-state index contributed by atoms with van der Waals surface area (Å²) in [6.07, 6.45) is 2.64. The van der Waals surface area contributed by atoms with E-state index in [1.54, 1.807) is 0 Å². The molecule has 3 N–H and O–H groups in total. The van der Waals surface area contributed by atoms with Gasteiger partial charge < -0.3 is 15.8 Å². The molecule has 1 aliphatic rings. The Morgan fingerprint density at radius 1 is 1.39 bits per heavy atom. The van der Waals surface area contributed by atoms with Gasteiger partial charge in [0.1, 0.15) is 0 Å². The number of hydrogen-bond donors (Lipinski definition) is 2. The van der Waals surface area contributed by atoms with E-state index in [0.29, 0.717) is 5.95 Å². The molecule has 0 unspecified atom stereocenters. The maximum absolute atomic E-state index is 5.56. The normalized spacial score (nSPS) is 14.8. The van der Waals surface area contributed by atoms with Gasteiger partial charge in [0.25, 0.3) is 0 Å². The van der Waals surface area contributed by atoms with Gasteiger partial charge in [0, 0.05) is 19.1 Å². The third-order valence-electron chi connectivity index (χ3n) is 2.97. The van der Waals surface area contributed by atoms with Crippen molar-refractivity contribution >= 4 is 11.9 Å². The molecule has 7 heteroatoms. The van der Waals surface area contributed by atoms with Crippen LogP contribution in [0.15, 0.2) is 0 Å². The third-order valence-corrected chi connectivity index (χ3v) is 2.97. The van der Waals surface area contributed by atoms with Crippen LogP contribution in [0.1, 0.15) is 19.8 Å². The lowest BCUT2D eigenvalue weighted by atomic mass is 10.4. The van der Waals surface area contributed by atoms with Crippen molar-refractivity contribution in [3.8, 4) is 6.01 Å². The number of methoxy groups -OCH3 is 1. The molecule has 18 heavy (non-hydrogen) atoms. The average Bonchev–Trinajstić information content (AvgIpc) is 3.18. The first-order chi connectivity index (χ1) is 8.72. The molecular weight excluding hydrogens is 232 g/mol. The molecule has 1 aliphatic carbocycles. The Morgan fingerprint density at radius 2 is 2.17 bits per heavy atom. The Labute approximate surface area is 107 Å². The minimum Gasteiger partial charge on any atom is -0.467 e. The quantitative estimate of drug-likeness (QED) is 0.724. The number of ether oxygens (including phenoxy) is 1. The van der Waals surface area contributed by atoms with Crippen LogP contribution < -0.4 is 15.8 Å². The van der Waals surface area contributed by atoms with Gasteiger partial charge in [-0.05, 0) is 19.4 Å². The molecule has 0 amide bonds. The number of nitrogen functional groups attached to an aromatic ring is 1. The first-order valence-electron chi connectivity index (χ1n) is 6.26. The lowest BCUT2D eigenvalue weighted by Gasteiger charge is -2.19. The van der Waals surface area contributed by atoms with Gasteiger partial charge in [-0.1, -0.05) is 6.92 Å². The zero-order valence-corrected chi connectivity index (χ0v) is 10.9. The standard InChI is InChI=1S/C11H20N6O/c1-3-17(8-4-5-8)7-6-13-10-14-9(12)15-11(16-10)18-2/h8H,3-7H2,1-2H3,(H3,12,13,14,15,16). The lowest BCUT2D eigenvalue weighted by Crippen LogP contribution is -2.31. The highest BCUT2D eigenvalue weighted by molar-refractivity contribution is 5.32. The van der Waals surface area contributed by atoms with Crippen LogP contribution in [-0.2, 0) is 0 Å². The van der Waals surface area contributed by atoms with Crippen molar-refractivity contribution in [1.29, 1.82) is 0 Å². The van der Waals surface area contributed by atoms with Gasteiger partial charge in [-0.25, -0.2) is 0 Å². The Balaban J connectivity index is 1.83. The number of nitrogens with zero attached hydrogens (tertiary/aromatic N) is 4. The lowest BCUT2D eigenvalue weighted by molar-refractivity contribution is 0.288. The molecule has 1 heterocycles. The van der Waals surface area contributed by atoms with E-state index in [0.717, 1.165) is 25.7 Å². The van der Waals surface area contributed by atoms with Gasteiger partial charge in [0.2, 0.25) is 11.9 Å². The van der Waals surface area contributed by atoms with Crippen molar-refractivity contribution in [2.75, 3.05) is 37.8 Å².